The van der Waals surface area contributed by atoms with Crippen molar-refractivity contribution in [2.24, 2.45) is 35.5 Å². The number of fused-ring (bicyclic) bond motifs is 5. The molecule has 1 saturated heterocycles. The fourth-order valence-electron chi connectivity index (χ4n) is 7.86. The van der Waals surface area contributed by atoms with Crippen LogP contribution in [-0.2, 0) is 33.3 Å². The third kappa shape index (κ3) is 7.19. The van der Waals surface area contributed by atoms with E-state index in [0.29, 0.717) is 37.4 Å². The van der Waals surface area contributed by atoms with Gasteiger partial charge in [-0.05, 0) is 74.7 Å². The highest BCUT2D eigenvalue weighted by atomic mass is 16.6. The Bertz CT molecular complexity index is 977. The van der Waals surface area contributed by atoms with E-state index < -0.39 is 36.4 Å². The summed E-state index contributed by atoms with van der Waals surface area (Å²) in [6.07, 6.45) is 8.04. The highest BCUT2D eigenvalue weighted by Gasteiger charge is 2.50. The zero-order valence-electron chi connectivity index (χ0n) is 26.1. The number of aliphatic hydroxyl groups is 2. The van der Waals surface area contributed by atoms with E-state index in [0.717, 1.165) is 19.3 Å². The van der Waals surface area contributed by atoms with Crippen molar-refractivity contribution in [1.82, 2.24) is 0 Å². The molecule has 1 aliphatic heterocycles. The lowest BCUT2D eigenvalue weighted by Gasteiger charge is -2.34. The van der Waals surface area contributed by atoms with Crippen molar-refractivity contribution in [3.8, 4) is 0 Å². The van der Waals surface area contributed by atoms with Gasteiger partial charge in [-0.1, -0.05) is 32.1 Å². The minimum absolute atomic E-state index is 0.00262. The molecule has 0 aromatic heterocycles. The molecule has 0 aromatic rings. The molecular formula is C33H52O9. The number of aliphatic hydroxyl groups excluding tert-OH is 2. The summed E-state index contributed by atoms with van der Waals surface area (Å²) in [6.45, 7) is 5.79. The second-order valence-electron chi connectivity index (χ2n) is 12.8. The number of carbonyl (C=O) groups is 2. The Balaban J connectivity index is 1.49. The molecule has 9 nitrogen and oxygen atoms in total. The summed E-state index contributed by atoms with van der Waals surface area (Å²) in [7, 11) is 4.72. The summed E-state index contributed by atoms with van der Waals surface area (Å²) in [5.74, 6) is -0.270. The van der Waals surface area contributed by atoms with Crippen LogP contribution in [0.1, 0.15) is 65.7 Å². The van der Waals surface area contributed by atoms with Crippen molar-refractivity contribution >= 4 is 11.8 Å². The molecule has 3 aliphatic carbocycles. The molecule has 0 spiro atoms. The van der Waals surface area contributed by atoms with Gasteiger partial charge in [0.2, 0.25) is 0 Å². The highest BCUT2D eigenvalue weighted by Crippen LogP contribution is 2.54. The molecule has 9 heteroatoms. The summed E-state index contributed by atoms with van der Waals surface area (Å²) >= 11 is 0. The number of ketones is 1. The number of cyclic esters (lactones) is 1. The third-order valence-corrected chi connectivity index (χ3v) is 10.3. The zero-order valence-corrected chi connectivity index (χ0v) is 26.1. The van der Waals surface area contributed by atoms with Crippen molar-refractivity contribution < 1.29 is 43.5 Å². The Labute approximate surface area is 250 Å². The van der Waals surface area contributed by atoms with E-state index in [4.69, 9.17) is 23.7 Å². The lowest BCUT2D eigenvalue weighted by Crippen LogP contribution is -2.48. The summed E-state index contributed by atoms with van der Waals surface area (Å²) in [4.78, 5) is 26.8. The molecule has 1 saturated carbocycles. The summed E-state index contributed by atoms with van der Waals surface area (Å²) in [5, 5.41) is 21.0. The van der Waals surface area contributed by atoms with Gasteiger partial charge in [-0.3, -0.25) is 9.59 Å². The van der Waals surface area contributed by atoms with Crippen LogP contribution >= 0.6 is 0 Å². The fraction of sp³-hybridized carbons (Fsp3) is 0.818. The molecule has 0 amide bonds. The van der Waals surface area contributed by atoms with Gasteiger partial charge in [-0.25, -0.2) is 0 Å². The van der Waals surface area contributed by atoms with Crippen molar-refractivity contribution in [3.05, 3.63) is 23.8 Å². The van der Waals surface area contributed by atoms with Crippen molar-refractivity contribution in [3.63, 3.8) is 0 Å². The molecule has 238 valence electrons. The number of Topliss-reactive ketones (excluding diaryl/α,β-unsaturated/α-hetero) is 1. The molecule has 0 aromatic carbocycles. The van der Waals surface area contributed by atoms with Crippen molar-refractivity contribution in [2.45, 2.75) is 108 Å². The van der Waals surface area contributed by atoms with Crippen molar-refractivity contribution in [1.29, 1.82) is 0 Å². The van der Waals surface area contributed by atoms with Crippen LogP contribution in [0.3, 0.4) is 0 Å². The third-order valence-electron chi connectivity index (χ3n) is 10.3. The Hall–Kier alpha value is -1.62. The maximum atomic E-state index is 13.7. The Kier molecular flexibility index (Phi) is 11.8. The number of methoxy groups -OCH3 is 3. The number of hydrogen-bond acceptors (Lipinski definition) is 9. The van der Waals surface area contributed by atoms with Gasteiger partial charge < -0.3 is 33.9 Å². The van der Waals surface area contributed by atoms with E-state index in [-0.39, 0.29) is 54.1 Å². The average molecular weight is 593 g/mol. The first-order valence-corrected chi connectivity index (χ1v) is 15.8. The molecule has 0 radical (unpaired) electrons. The van der Waals surface area contributed by atoms with Gasteiger partial charge in [0.15, 0.2) is 5.78 Å². The maximum Gasteiger partial charge on any atom is 0.306 e. The normalized spacial score (nSPS) is 38.2. The summed E-state index contributed by atoms with van der Waals surface area (Å²) in [5.41, 5.74) is 0.683. The zero-order chi connectivity index (χ0) is 30.6. The molecule has 13 atom stereocenters. The summed E-state index contributed by atoms with van der Waals surface area (Å²) < 4.78 is 29.1. The number of hydrogen-bond donors (Lipinski definition) is 2. The van der Waals surface area contributed by atoms with Crippen LogP contribution in [0.15, 0.2) is 23.8 Å². The van der Waals surface area contributed by atoms with Gasteiger partial charge in [0.1, 0.15) is 24.4 Å². The Morgan fingerprint density at radius 3 is 2.40 bits per heavy atom. The molecule has 2 N–H and O–H groups in total. The first-order valence-electron chi connectivity index (χ1n) is 15.8. The first-order chi connectivity index (χ1) is 20.1. The molecule has 1 heterocycles. The predicted octanol–water partition coefficient (Wildman–Crippen LogP) is 3.64. The minimum Gasteiger partial charge on any atom is -0.462 e. The summed E-state index contributed by atoms with van der Waals surface area (Å²) in [6, 6.07) is 0. The number of rotatable bonds is 10. The number of esters is 1. The van der Waals surface area contributed by atoms with Gasteiger partial charge in [-0.2, -0.15) is 0 Å². The van der Waals surface area contributed by atoms with E-state index in [1.807, 2.05) is 13.8 Å². The topological polar surface area (TPSA) is 121 Å². The molecule has 4 rings (SSSR count). The second kappa shape index (κ2) is 14.9. The fourth-order valence-corrected chi connectivity index (χ4v) is 7.86. The minimum atomic E-state index is -0.736. The lowest BCUT2D eigenvalue weighted by atomic mass is 9.70. The molecule has 4 aliphatic rings. The van der Waals surface area contributed by atoms with Crippen LogP contribution in [0.25, 0.3) is 0 Å². The van der Waals surface area contributed by atoms with Crippen LogP contribution in [0.4, 0.5) is 0 Å². The molecular weight excluding hydrogens is 540 g/mol. The highest BCUT2D eigenvalue weighted by molar-refractivity contribution is 5.99. The second-order valence-corrected chi connectivity index (χ2v) is 12.8. The standard InChI is InChI=1S/C33H52O9/c1-7-21-9-8-10-28(35)18(2)31(37)27-15-25-23(26(27)16-30(36)42-21)12-11-20-13-22(14-24(20)25)41-17-29(38-4)33(40-6)32(39-5)19(3)34/h11-12,15,18-26,28-29,32-35H,7-10,13-14,16-17H2,1-6H3/t18-,19?,20-,21+,22-,23-,24-,25-,26+,28+,29?,32?,33?/m1/s1. The van der Waals surface area contributed by atoms with Gasteiger partial charge in [-0.15, -0.1) is 0 Å². The van der Waals surface area contributed by atoms with Gasteiger partial charge in [0.25, 0.3) is 0 Å². The number of carbonyl (C=O) groups excluding carboxylic acids is 2. The van der Waals surface area contributed by atoms with E-state index >= 15 is 0 Å². The quantitative estimate of drug-likeness (QED) is 0.289. The van der Waals surface area contributed by atoms with Crippen LogP contribution in [-0.4, -0.2) is 92.6 Å². The smallest absolute Gasteiger partial charge is 0.306 e. The van der Waals surface area contributed by atoms with Gasteiger partial charge in [0.05, 0.1) is 31.3 Å². The molecule has 42 heavy (non-hydrogen) atoms. The lowest BCUT2D eigenvalue weighted by molar-refractivity contribution is -0.157. The monoisotopic (exact) mass is 592 g/mol. The van der Waals surface area contributed by atoms with Gasteiger partial charge in [0, 0.05) is 33.2 Å². The SMILES string of the molecule is CC[C@H]1CCC[C@H](O)[C@@H](C)C(=O)C2=C[C@@H]3[C@@H](C=C[C@@H]4C[C@@H](OCC(OC)C(OC)C(OC)C(C)O)C[C@@H]34)[C@@H]2CC(=O)O1. The Morgan fingerprint density at radius 1 is 1.02 bits per heavy atom. The molecule has 4 unspecified atom stereocenters. The van der Waals surface area contributed by atoms with E-state index in [1.54, 1.807) is 28.3 Å². The van der Waals surface area contributed by atoms with Crippen LogP contribution in [0.5, 0.6) is 0 Å². The largest absolute Gasteiger partial charge is 0.462 e. The van der Waals surface area contributed by atoms with E-state index in [9.17, 15) is 19.8 Å². The van der Waals surface area contributed by atoms with E-state index in [1.165, 1.54) is 0 Å². The van der Waals surface area contributed by atoms with Gasteiger partial charge >= 0.3 is 5.97 Å². The first kappa shape index (κ1) is 33.3. The molecule has 0 bridgehead atoms. The predicted molar refractivity (Wildman–Crippen MR) is 157 cm³/mol. The van der Waals surface area contributed by atoms with Crippen LogP contribution in [0, 0.1) is 35.5 Å². The van der Waals surface area contributed by atoms with Crippen LogP contribution < -0.4 is 0 Å². The maximum absolute atomic E-state index is 13.7. The number of ether oxygens (including phenoxy) is 5. The average Bonchev–Trinajstić information content (AvgIpc) is 3.55. The van der Waals surface area contributed by atoms with E-state index in [2.05, 4.69) is 18.2 Å². The van der Waals surface area contributed by atoms with Crippen molar-refractivity contribution in [2.75, 3.05) is 27.9 Å². The Morgan fingerprint density at radius 2 is 1.76 bits per heavy atom. The number of allylic oxidation sites excluding steroid dienone is 4. The van der Waals surface area contributed by atoms with Crippen LogP contribution in [0.2, 0.25) is 0 Å². The molecule has 2 fully saturated rings.